The minimum Gasteiger partial charge on any atom is -0.481 e. The van der Waals surface area contributed by atoms with Gasteiger partial charge < -0.3 is 15.4 Å². The van der Waals surface area contributed by atoms with Crippen LogP contribution in [0.25, 0.3) is 0 Å². The molecule has 1 aromatic heterocycles. The van der Waals surface area contributed by atoms with Gasteiger partial charge in [-0.2, -0.15) is 4.98 Å². The smallest absolute Gasteiger partial charge is 0.345 e. The number of rotatable bonds is 4. The summed E-state index contributed by atoms with van der Waals surface area (Å²) >= 11 is 0. The van der Waals surface area contributed by atoms with Crippen LogP contribution < -0.4 is 11.0 Å². The van der Waals surface area contributed by atoms with E-state index in [0.29, 0.717) is 22.6 Å². The number of nitrogens with one attached hydrogen (secondary N) is 2. The molecule has 0 spiro atoms. The fourth-order valence-corrected chi connectivity index (χ4v) is 1.71. The van der Waals surface area contributed by atoms with E-state index in [2.05, 4.69) is 15.3 Å². The van der Waals surface area contributed by atoms with Crippen molar-refractivity contribution < 1.29 is 9.90 Å². The lowest BCUT2D eigenvalue weighted by atomic mass is 10.1. The first-order chi connectivity index (χ1) is 9.06. The van der Waals surface area contributed by atoms with Gasteiger partial charge in [0.25, 0.3) is 0 Å². The van der Waals surface area contributed by atoms with Crippen molar-refractivity contribution >= 4 is 17.3 Å². The summed E-state index contributed by atoms with van der Waals surface area (Å²) in [5.41, 5.74) is 2.21. The largest absolute Gasteiger partial charge is 0.481 e. The van der Waals surface area contributed by atoms with Crippen LogP contribution in [0.3, 0.4) is 0 Å². The van der Waals surface area contributed by atoms with E-state index in [9.17, 15) is 9.59 Å². The average Bonchev–Trinajstić information content (AvgIpc) is 2.34. The molecule has 0 saturated heterocycles. The molecule has 2 rings (SSSR count). The van der Waals surface area contributed by atoms with Crippen molar-refractivity contribution in [3.8, 4) is 0 Å². The van der Waals surface area contributed by atoms with Crippen molar-refractivity contribution in [1.82, 2.24) is 9.97 Å². The third-order valence-corrected chi connectivity index (χ3v) is 2.64. The average molecular weight is 259 g/mol. The SMILES string of the molecule is Cc1[nH]c(=O)ncc1Nc1ccccc1CC(=O)O. The third-order valence-electron chi connectivity index (χ3n) is 2.64. The Bertz CT molecular complexity index is 664. The van der Waals surface area contributed by atoms with Gasteiger partial charge in [-0.3, -0.25) is 4.79 Å². The van der Waals surface area contributed by atoms with Crippen LogP contribution in [-0.4, -0.2) is 21.0 Å². The van der Waals surface area contributed by atoms with Crippen LogP contribution in [0.1, 0.15) is 11.3 Å². The Morgan fingerprint density at radius 2 is 2.11 bits per heavy atom. The Hall–Kier alpha value is -2.63. The standard InChI is InChI=1S/C13H13N3O3/c1-8-11(7-14-13(19)15-8)16-10-5-3-2-4-9(10)6-12(17)18/h2-5,7,16H,6H2,1H3,(H,17,18)(H,14,15,19). The van der Waals surface area contributed by atoms with Gasteiger partial charge in [0.05, 0.1) is 18.3 Å². The molecule has 0 aliphatic heterocycles. The second-order valence-electron chi connectivity index (χ2n) is 4.08. The molecule has 0 radical (unpaired) electrons. The number of para-hydroxylation sites is 1. The number of nitrogens with zero attached hydrogens (tertiary/aromatic N) is 1. The van der Waals surface area contributed by atoms with Crippen molar-refractivity contribution in [2.24, 2.45) is 0 Å². The van der Waals surface area contributed by atoms with Gasteiger partial charge >= 0.3 is 11.7 Å². The van der Waals surface area contributed by atoms with Crippen LogP contribution in [0.2, 0.25) is 0 Å². The molecule has 0 aliphatic carbocycles. The fraction of sp³-hybridized carbons (Fsp3) is 0.154. The van der Waals surface area contributed by atoms with Gasteiger partial charge in [0, 0.05) is 11.4 Å². The number of aryl methyl sites for hydroxylation is 1. The Kier molecular flexibility index (Phi) is 3.61. The molecule has 0 aliphatic rings. The molecule has 1 aromatic carbocycles. The summed E-state index contributed by atoms with van der Waals surface area (Å²) in [4.78, 5) is 28.0. The van der Waals surface area contributed by atoms with Crippen molar-refractivity contribution in [3.63, 3.8) is 0 Å². The maximum atomic E-state index is 11.0. The summed E-state index contributed by atoms with van der Waals surface area (Å²) in [6.45, 7) is 1.74. The van der Waals surface area contributed by atoms with Crippen molar-refractivity contribution in [3.05, 3.63) is 52.2 Å². The van der Waals surface area contributed by atoms with E-state index < -0.39 is 11.7 Å². The lowest BCUT2D eigenvalue weighted by Gasteiger charge is -2.11. The molecule has 6 heteroatoms. The van der Waals surface area contributed by atoms with Gasteiger partial charge in [-0.1, -0.05) is 18.2 Å². The predicted molar refractivity (Wildman–Crippen MR) is 70.7 cm³/mol. The first-order valence-electron chi connectivity index (χ1n) is 5.69. The van der Waals surface area contributed by atoms with E-state index >= 15 is 0 Å². The van der Waals surface area contributed by atoms with E-state index in [4.69, 9.17) is 5.11 Å². The number of carboxylic acids is 1. The molecule has 98 valence electrons. The minimum absolute atomic E-state index is 0.0704. The first-order valence-corrected chi connectivity index (χ1v) is 5.69. The van der Waals surface area contributed by atoms with Crippen molar-refractivity contribution in [2.45, 2.75) is 13.3 Å². The van der Waals surface area contributed by atoms with Gasteiger partial charge in [0.2, 0.25) is 0 Å². The summed E-state index contributed by atoms with van der Waals surface area (Å²) in [6.07, 6.45) is 1.35. The molecule has 2 aromatic rings. The van der Waals surface area contributed by atoms with Gasteiger partial charge in [-0.05, 0) is 18.6 Å². The fourth-order valence-electron chi connectivity index (χ4n) is 1.71. The first kappa shape index (κ1) is 12.8. The second kappa shape index (κ2) is 5.34. The van der Waals surface area contributed by atoms with E-state index in [-0.39, 0.29) is 6.42 Å². The van der Waals surface area contributed by atoms with E-state index in [1.807, 2.05) is 6.07 Å². The predicted octanol–water partition coefficient (Wildman–Crippen LogP) is 1.45. The number of hydrogen-bond donors (Lipinski definition) is 3. The number of carboxylic acid groups (broad SMARTS) is 1. The molecule has 3 N–H and O–H groups in total. The second-order valence-corrected chi connectivity index (χ2v) is 4.08. The maximum absolute atomic E-state index is 11.0. The monoisotopic (exact) mass is 259 g/mol. The van der Waals surface area contributed by atoms with Gasteiger partial charge in [-0.15, -0.1) is 0 Å². The zero-order valence-corrected chi connectivity index (χ0v) is 10.3. The molecule has 0 atom stereocenters. The highest BCUT2D eigenvalue weighted by atomic mass is 16.4. The van der Waals surface area contributed by atoms with Crippen LogP contribution in [0.4, 0.5) is 11.4 Å². The van der Waals surface area contributed by atoms with Gasteiger partial charge in [0.1, 0.15) is 0 Å². The van der Waals surface area contributed by atoms with E-state index in [0.717, 1.165) is 0 Å². The normalized spacial score (nSPS) is 10.2. The zero-order chi connectivity index (χ0) is 13.8. The quantitative estimate of drug-likeness (QED) is 0.772. The van der Waals surface area contributed by atoms with Crippen LogP contribution in [-0.2, 0) is 11.2 Å². The number of H-pyrrole nitrogens is 1. The van der Waals surface area contributed by atoms with E-state index in [1.54, 1.807) is 25.1 Å². The summed E-state index contributed by atoms with van der Waals surface area (Å²) in [7, 11) is 0. The maximum Gasteiger partial charge on any atom is 0.345 e. The molecule has 1 heterocycles. The summed E-state index contributed by atoms with van der Waals surface area (Å²) < 4.78 is 0. The van der Waals surface area contributed by atoms with Gasteiger partial charge in [0.15, 0.2) is 0 Å². The van der Waals surface area contributed by atoms with Crippen LogP contribution in [0, 0.1) is 6.92 Å². The summed E-state index contributed by atoms with van der Waals surface area (Å²) in [5.74, 6) is -0.898. The Morgan fingerprint density at radius 1 is 1.37 bits per heavy atom. The lowest BCUT2D eigenvalue weighted by Crippen LogP contribution is -2.12. The molecular weight excluding hydrogens is 246 g/mol. The molecular formula is C13H13N3O3. The Balaban J connectivity index is 2.32. The highest BCUT2D eigenvalue weighted by molar-refractivity contribution is 5.75. The number of hydrogen-bond acceptors (Lipinski definition) is 4. The van der Waals surface area contributed by atoms with Gasteiger partial charge in [-0.25, -0.2) is 4.79 Å². The van der Waals surface area contributed by atoms with Crippen molar-refractivity contribution in [1.29, 1.82) is 0 Å². The molecule has 0 fully saturated rings. The van der Waals surface area contributed by atoms with Crippen LogP contribution in [0.15, 0.2) is 35.3 Å². The van der Waals surface area contributed by atoms with Crippen LogP contribution in [0.5, 0.6) is 0 Å². The summed E-state index contributed by atoms with van der Waals surface area (Å²) in [5, 5.41) is 11.9. The highest BCUT2D eigenvalue weighted by Gasteiger charge is 2.08. The van der Waals surface area contributed by atoms with Crippen molar-refractivity contribution in [2.75, 3.05) is 5.32 Å². The molecule has 0 amide bonds. The number of aliphatic carboxylic acids is 1. The zero-order valence-electron chi connectivity index (χ0n) is 10.3. The van der Waals surface area contributed by atoms with Crippen LogP contribution >= 0.6 is 0 Å². The third kappa shape index (κ3) is 3.19. The molecule has 0 unspecified atom stereocenters. The minimum atomic E-state index is -0.898. The van der Waals surface area contributed by atoms with E-state index in [1.165, 1.54) is 6.20 Å². The number of anilines is 2. The Labute approximate surface area is 109 Å². The number of aromatic nitrogens is 2. The summed E-state index contributed by atoms with van der Waals surface area (Å²) in [6, 6.07) is 7.11. The topological polar surface area (TPSA) is 95.1 Å². The number of carbonyl (C=O) groups is 1. The molecule has 0 bridgehead atoms. The number of benzene rings is 1. The molecule has 19 heavy (non-hydrogen) atoms. The lowest BCUT2D eigenvalue weighted by molar-refractivity contribution is -0.136. The Morgan fingerprint density at radius 3 is 2.79 bits per heavy atom. The molecule has 6 nitrogen and oxygen atoms in total. The number of aromatic amines is 1. The molecule has 0 saturated carbocycles. The highest BCUT2D eigenvalue weighted by Crippen LogP contribution is 2.21.